The fraction of sp³-hybridized carbons (Fsp3) is 0.684. The van der Waals surface area contributed by atoms with Crippen LogP contribution >= 0.6 is 0 Å². The van der Waals surface area contributed by atoms with E-state index < -0.39 is 0 Å². The topological polar surface area (TPSA) is 55.8 Å². The maximum Gasteiger partial charge on any atom is 0.191 e. The van der Waals surface area contributed by atoms with Crippen molar-refractivity contribution in [3.63, 3.8) is 0 Å². The van der Waals surface area contributed by atoms with Crippen LogP contribution in [0.1, 0.15) is 38.2 Å². The van der Waals surface area contributed by atoms with E-state index in [9.17, 15) is 0 Å². The summed E-state index contributed by atoms with van der Waals surface area (Å²) < 4.78 is 0. The minimum Gasteiger partial charge on any atom is -0.356 e. The second kappa shape index (κ2) is 10.9. The Morgan fingerprint density at radius 3 is 2.68 bits per heavy atom. The standard InChI is InChI=1S/C19H34N6/c1-4-5-6-7-9-22-19(20-2)23-16-17-8-10-21-18(15-17)25-13-11-24(3)12-14-25/h8,10,15H,4-7,9,11-14,16H2,1-3H3,(H2,20,22,23). The fourth-order valence-corrected chi connectivity index (χ4v) is 2.94. The van der Waals surface area contributed by atoms with Crippen LogP contribution in [-0.2, 0) is 6.54 Å². The molecule has 0 atom stereocenters. The number of piperazine rings is 1. The van der Waals surface area contributed by atoms with Crippen LogP contribution in [0.25, 0.3) is 0 Å². The van der Waals surface area contributed by atoms with Gasteiger partial charge in [-0.25, -0.2) is 4.98 Å². The van der Waals surface area contributed by atoms with Gasteiger partial charge in [0.25, 0.3) is 0 Å². The average molecular weight is 347 g/mol. The number of anilines is 1. The van der Waals surface area contributed by atoms with E-state index in [4.69, 9.17) is 0 Å². The van der Waals surface area contributed by atoms with Crippen molar-refractivity contribution in [1.82, 2.24) is 20.5 Å². The number of aliphatic imine (C=N–C) groups is 1. The number of likely N-dealkylation sites (N-methyl/N-ethyl adjacent to an activating group) is 1. The summed E-state index contributed by atoms with van der Waals surface area (Å²) in [6, 6.07) is 4.26. The minimum absolute atomic E-state index is 0.762. The molecule has 0 amide bonds. The van der Waals surface area contributed by atoms with E-state index in [-0.39, 0.29) is 0 Å². The molecule has 1 aromatic rings. The molecule has 0 aliphatic carbocycles. The first-order chi connectivity index (χ1) is 12.2. The summed E-state index contributed by atoms with van der Waals surface area (Å²) in [7, 11) is 4.00. The molecule has 0 aromatic carbocycles. The Labute approximate surface area is 152 Å². The summed E-state index contributed by atoms with van der Waals surface area (Å²) in [4.78, 5) is 13.6. The van der Waals surface area contributed by atoms with E-state index in [1.807, 2.05) is 13.2 Å². The number of nitrogens with one attached hydrogen (secondary N) is 2. The number of rotatable bonds is 8. The first kappa shape index (κ1) is 19.5. The van der Waals surface area contributed by atoms with Gasteiger partial charge in [0.1, 0.15) is 5.82 Å². The Morgan fingerprint density at radius 2 is 1.96 bits per heavy atom. The van der Waals surface area contributed by atoms with Gasteiger partial charge in [0, 0.05) is 52.5 Å². The van der Waals surface area contributed by atoms with Gasteiger partial charge >= 0.3 is 0 Å². The van der Waals surface area contributed by atoms with E-state index in [0.29, 0.717) is 0 Å². The van der Waals surface area contributed by atoms with Crippen LogP contribution in [0.15, 0.2) is 23.3 Å². The summed E-state index contributed by atoms with van der Waals surface area (Å²) in [5.41, 5.74) is 1.23. The predicted octanol–water partition coefficient (Wildman–Crippen LogP) is 2.08. The lowest BCUT2D eigenvalue weighted by Gasteiger charge is -2.33. The van der Waals surface area contributed by atoms with Crippen LogP contribution in [-0.4, -0.2) is 62.7 Å². The minimum atomic E-state index is 0.762. The Hall–Kier alpha value is -1.82. The maximum atomic E-state index is 4.55. The van der Waals surface area contributed by atoms with Gasteiger partial charge in [-0.2, -0.15) is 0 Å². The first-order valence-corrected chi connectivity index (χ1v) is 9.56. The molecule has 6 heteroatoms. The van der Waals surface area contributed by atoms with Gasteiger partial charge in [0.05, 0.1) is 0 Å². The van der Waals surface area contributed by atoms with Crippen LogP contribution in [0.4, 0.5) is 5.82 Å². The number of aromatic nitrogens is 1. The van der Waals surface area contributed by atoms with Crippen molar-refractivity contribution < 1.29 is 0 Å². The molecule has 0 spiro atoms. The number of nitrogens with zero attached hydrogens (tertiary/aromatic N) is 4. The summed E-state index contributed by atoms with van der Waals surface area (Å²) >= 11 is 0. The lowest BCUT2D eigenvalue weighted by atomic mass is 10.2. The highest BCUT2D eigenvalue weighted by Crippen LogP contribution is 2.14. The smallest absolute Gasteiger partial charge is 0.191 e. The molecule has 140 valence electrons. The van der Waals surface area contributed by atoms with Crippen LogP contribution in [0.2, 0.25) is 0 Å². The van der Waals surface area contributed by atoms with E-state index in [0.717, 1.165) is 51.0 Å². The van der Waals surface area contributed by atoms with Gasteiger partial charge in [0.2, 0.25) is 0 Å². The fourth-order valence-electron chi connectivity index (χ4n) is 2.94. The molecule has 0 unspecified atom stereocenters. The first-order valence-electron chi connectivity index (χ1n) is 9.56. The Morgan fingerprint density at radius 1 is 1.16 bits per heavy atom. The van der Waals surface area contributed by atoms with Gasteiger partial charge in [-0.1, -0.05) is 26.2 Å². The molecule has 2 heterocycles. The highest BCUT2D eigenvalue weighted by Gasteiger charge is 2.15. The molecule has 1 fully saturated rings. The van der Waals surface area contributed by atoms with E-state index in [1.54, 1.807) is 0 Å². The molecule has 2 N–H and O–H groups in total. The van der Waals surface area contributed by atoms with Crippen LogP contribution in [0.5, 0.6) is 0 Å². The molecular weight excluding hydrogens is 312 g/mol. The van der Waals surface area contributed by atoms with Gasteiger partial charge in [-0.3, -0.25) is 4.99 Å². The number of pyridine rings is 1. The maximum absolute atomic E-state index is 4.55. The second-order valence-electron chi connectivity index (χ2n) is 6.73. The molecule has 2 rings (SSSR count). The normalized spacial score (nSPS) is 16.1. The lowest BCUT2D eigenvalue weighted by Crippen LogP contribution is -2.44. The summed E-state index contributed by atoms with van der Waals surface area (Å²) in [6.07, 6.45) is 6.95. The quantitative estimate of drug-likeness (QED) is 0.429. The summed E-state index contributed by atoms with van der Waals surface area (Å²) in [5.74, 6) is 1.95. The van der Waals surface area contributed by atoms with Crippen molar-refractivity contribution >= 4 is 11.8 Å². The van der Waals surface area contributed by atoms with Crippen LogP contribution < -0.4 is 15.5 Å². The zero-order chi connectivity index (χ0) is 17.9. The number of unbranched alkanes of at least 4 members (excludes halogenated alkanes) is 3. The van der Waals surface area contributed by atoms with Crippen molar-refractivity contribution in [2.45, 2.75) is 39.2 Å². The average Bonchev–Trinajstić information content (AvgIpc) is 2.65. The van der Waals surface area contributed by atoms with Crippen LogP contribution in [0.3, 0.4) is 0 Å². The SMILES string of the molecule is CCCCCCNC(=NC)NCc1ccnc(N2CCN(C)CC2)c1. The predicted molar refractivity (Wildman–Crippen MR) is 106 cm³/mol. The third kappa shape index (κ3) is 6.90. The molecule has 6 nitrogen and oxygen atoms in total. The van der Waals surface area contributed by atoms with Crippen molar-refractivity contribution in [3.05, 3.63) is 23.9 Å². The van der Waals surface area contributed by atoms with Gasteiger partial charge in [-0.05, 0) is 31.2 Å². The van der Waals surface area contributed by atoms with Gasteiger partial charge in [-0.15, -0.1) is 0 Å². The van der Waals surface area contributed by atoms with Crippen molar-refractivity contribution in [1.29, 1.82) is 0 Å². The number of guanidine groups is 1. The summed E-state index contributed by atoms with van der Waals surface area (Å²) in [6.45, 7) is 8.25. The highest BCUT2D eigenvalue weighted by molar-refractivity contribution is 5.79. The zero-order valence-electron chi connectivity index (χ0n) is 16.1. The Kier molecular flexibility index (Phi) is 8.52. The highest BCUT2D eigenvalue weighted by atomic mass is 15.3. The molecule has 1 saturated heterocycles. The second-order valence-corrected chi connectivity index (χ2v) is 6.73. The summed E-state index contributed by atoms with van der Waals surface area (Å²) in [5, 5.41) is 6.79. The Bertz CT molecular complexity index is 522. The van der Waals surface area contributed by atoms with Gasteiger partial charge in [0.15, 0.2) is 5.96 Å². The van der Waals surface area contributed by atoms with Crippen LogP contribution in [0, 0.1) is 0 Å². The largest absolute Gasteiger partial charge is 0.356 e. The van der Waals surface area contributed by atoms with Crippen molar-refractivity contribution in [2.24, 2.45) is 4.99 Å². The van der Waals surface area contributed by atoms with E-state index in [1.165, 1.54) is 31.2 Å². The molecular formula is C19H34N6. The number of hydrogen-bond acceptors (Lipinski definition) is 4. The molecule has 1 aromatic heterocycles. The van der Waals surface area contributed by atoms with E-state index >= 15 is 0 Å². The molecule has 25 heavy (non-hydrogen) atoms. The van der Waals surface area contributed by atoms with Crippen molar-refractivity contribution in [3.8, 4) is 0 Å². The molecule has 1 aliphatic heterocycles. The monoisotopic (exact) mass is 346 g/mol. The number of hydrogen-bond donors (Lipinski definition) is 2. The zero-order valence-corrected chi connectivity index (χ0v) is 16.1. The molecule has 1 aliphatic rings. The molecule has 0 saturated carbocycles. The molecule has 0 bridgehead atoms. The van der Waals surface area contributed by atoms with Crippen molar-refractivity contribution in [2.75, 3.05) is 51.7 Å². The van der Waals surface area contributed by atoms with Gasteiger partial charge < -0.3 is 20.4 Å². The third-order valence-corrected chi connectivity index (χ3v) is 4.64. The van der Waals surface area contributed by atoms with E-state index in [2.05, 4.69) is 56.5 Å². The lowest BCUT2D eigenvalue weighted by molar-refractivity contribution is 0.312. The Balaban J connectivity index is 1.78. The molecule has 0 radical (unpaired) electrons. The third-order valence-electron chi connectivity index (χ3n) is 4.64.